The van der Waals surface area contributed by atoms with Gasteiger partial charge in [0, 0.05) is 4.47 Å². The molecule has 14 heavy (non-hydrogen) atoms. The molecule has 0 aliphatic heterocycles. The summed E-state index contributed by atoms with van der Waals surface area (Å²) in [5.74, 6) is 0. The molecule has 0 spiro atoms. The highest BCUT2D eigenvalue weighted by Gasteiger charge is 2.22. The van der Waals surface area contributed by atoms with E-state index in [0.29, 0.717) is 0 Å². The van der Waals surface area contributed by atoms with Gasteiger partial charge in [-0.3, -0.25) is 4.79 Å². The van der Waals surface area contributed by atoms with Gasteiger partial charge in [0.1, 0.15) is 10.8 Å². The quantitative estimate of drug-likeness (QED) is 0.614. The molecule has 0 amide bonds. The Morgan fingerprint density at radius 3 is 2.57 bits per heavy atom. The summed E-state index contributed by atoms with van der Waals surface area (Å²) in [5.41, 5.74) is -1.07. The van der Waals surface area contributed by atoms with E-state index in [1.54, 1.807) is 0 Å². The third kappa shape index (κ3) is 2.40. The lowest BCUT2D eigenvalue weighted by Crippen LogP contribution is -2.03. The summed E-state index contributed by atoms with van der Waals surface area (Å²) in [6, 6.07) is 1.23. The molecule has 0 saturated carbocycles. The van der Waals surface area contributed by atoms with Crippen LogP contribution in [0.5, 0.6) is 0 Å². The number of carbonyl (C=O) groups excluding carboxylic acids is 1. The summed E-state index contributed by atoms with van der Waals surface area (Å²) in [6.45, 7) is 0. The van der Waals surface area contributed by atoms with Crippen molar-refractivity contribution in [3.8, 4) is 0 Å². The highest BCUT2D eigenvalue weighted by Crippen LogP contribution is 2.30. The van der Waals surface area contributed by atoms with E-state index in [2.05, 4.69) is 20.9 Å². The molecule has 0 atom stereocenters. The monoisotopic (exact) mass is 303 g/mol. The lowest BCUT2D eigenvalue weighted by atomic mass is 10.2. The van der Waals surface area contributed by atoms with E-state index in [1.807, 2.05) is 0 Å². The molecule has 0 radical (unpaired) electrons. The smallest absolute Gasteiger partial charge is 0.275 e. The zero-order valence-corrected chi connectivity index (χ0v) is 9.50. The molecule has 0 saturated heterocycles. The number of rotatable bonds is 2. The fourth-order valence-corrected chi connectivity index (χ4v) is 2.10. The predicted molar refractivity (Wildman–Crippen MR) is 52.1 cm³/mol. The fourth-order valence-electron chi connectivity index (χ4n) is 0.855. The molecule has 0 unspecified atom stereocenters. The number of hydrogen-bond acceptors (Lipinski definition) is 2. The molecule has 1 rings (SSSR count). The van der Waals surface area contributed by atoms with Crippen LogP contribution in [-0.2, 0) is 0 Å². The van der Waals surface area contributed by atoms with E-state index in [9.17, 15) is 13.6 Å². The molecule has 0 fully saturated rings. The average Bonchev–Trinajstić information content (AvgIpc) is 2.01. The zero-order valence-electron chi connectivity index (χ0n) is 6.40. The standard InChI is InChI=1S/C7H2BrCl2F2NO/c8-2-1-3(9)13-5(7(11)12)4(2)6(10)14/h1,7H. The largest absolute Gasteiger partial charge is 0.281 e. The first kappa shape index (κ1) is 11.8. The Labute approximate surface area is 96.3 Å². The second kappa shape index (κ2) is 4.51. The van der Waals surface area contributed by atoms with Gasteiger partial charge in [-0.25, -0.2) is 13.8 Å². The Bertz CT molecular complexity index is 386. The molecular weight excluding hydrogens is 303 g/mol. The minimum absolute atomic E-state index is 0.104. The van der Waals surface area contributed by atoms with Crippen molar-refractivity contribution in [2.75, 3.05) is 0 Å². The first-order valence-electron chi connectivity index (χ1n) is 3.27. The van der Waals surface area contributed by atoms with Crippen molar-refractivity contribution in [3.05, 3.63) is 26.9 Å². The van der Waals surface area contributed by atoms with E-state index < -0.39 is 17.4 Å². The Morgan fingerprint density at radius 2 is 2.14 bits per heavy atom. The number of halogens is 5. The summed E-state index contributed by atoms with van der Waals surface area (Å²) in [5, 5.41) is -1.13. The van der Waals surface area contributed by atoms with Crippen molar-refractivity contribution < 1.29 is 13.6 Å². The van der Waals surface area contributed by atoms with Crippen molar-refractivity contribution >= 4 is 44.4 Å². The van der Waals surface area contributed by atoms with E-state index in [4.69, 9.17) is 23.2 Å². The normalized spacial score (nSPS) is 10.7. The molecule has 0 bridgehead atoms. The Balaban J connectivity index is 3.44. The number of hydrogen-bond donors (Lipinski definition) is 0. The van der Waals surface area contributed by atoms with Crippen LogP contribution in [0, 0.1) is 0 Å². The number of alkyl halides is 2. The summed E-state index contributed by atoms with van der Waals surface area (Å²) >= 11 is 13.5. The number of nitrogens with zero attached hydrogens (tertiary/aromatic N) is 1. The maximum atomic E-state index is 12.4. The van der Waals surface area contributed by atoms with Gasteiger partial charge < -0.3 is 0 Å². The summed E-state index contributed by atoms with van der Waals surface area (Å²) < 4.78 is 24.9. The van der Waals surface area contributed by atoms with Crippen LogP contribution in [0.25, 0.3) is 0 Å². The van der Waals surface area contributed by atoms with Gasteiger partial charge in [-0.1, -0.05) is 11.6 Å². The van der Waals surface area contributed by atoms with Gasteiger partial charge >= 0.3 is 0 Å². The number of pyridine rings is 1. The van der Waals surface area contributed by atoms with Crippen molar-refractivity contribution in [1.29, 1.82) is 0 Å². The predicted octanol–water partition coefficient (Wildman–Crippen LogP) is 3.81. The van der Waals surface area contributed by atoms with Crippen LogP contribution in [0.1, 0.15) is 22.5 Å². The van der Waals surface area contributed by atoms with E-state index in [-0.39, 0.29) is 15.2 Å². The van der Waals surface area contributed by atoms with Crippen molar-refractivity contribution in [2.24, 2.45) is 0 Å². The molecule has 7 heteroatoms. The van der Waals surface area contributed by atoms with Gasteiger partial charge in [0.15, 0.2) is 0 Å². The van der Waals surface area contributed by atoms with Crippen LogP contribution >= 0.6 is 39.1 Å². The molecule has 1 aromatic rings. The minimum atomic E-state index is -2.90. The molecular formula is C7H2BrCl2F2NO. The first-order valence-corrected chi connectivity index (χ1v) is 4.82. The Hall–Kier alpha value is -0.260. The molecule has 0 aromatic carbocycles. The average molecular weight is 305 g/mol. The maximum absolute atomic E-state index is 12.4. The van der Waals surface area contributed by atoms with Crippen LogP contribution < -0.4 is 0 Å². The third-order valence-electron chi connectivity index (χ3n) is 1.37. The Kier molecular flexibility index (Phi) is 3.80. The highest BCUT2D eigenvalue weighted by atomic mass is 79.9. The van der Waals surface area contributed by atoms with Gasteiger partial charge in [0.05, 0.1) is 5.56 Å². The van der Waals surface area contributed by atoms with Gasteiger partial charge in [-0.05, 0) is 33.6 Å². The lowest BCUT2D eigenvalue weighted by Gasteiger charge is -2.06. The molecule has 1 aromatic heterocycles. The Morgan fingerprint density at radius 1 is 1.57 bits per heavy atom. The zero-order chi connectivity index (χ0) is 10.9. The van der Waals surface area contributed by atoms with Crippen LogP contribution in [0.4, 0.5) is 8.78 Å². The van der Waals surface area contributed by atoms with Crippen LogP contribution in [0.2, 0.25) is 5.15 Å². The highest BCUT2D eigenvalue weighted by molar-refractivity contribution is 9.10. The van der Waals surface area contributed by atoms with Crippen LogP contribution in [-0.4, -0.2) is 10.2 Å². The molecule has 0 aliphatic rings. The molecule has 76 valence electrons. The van der Waals surface area contributed by atoms with Crippen molar-refractivity contribution in [1.82, 2.24) is 4.98 Å². The topological polar surface area (TPSA) is 30.0 Å². The number of aromatic nitrogens is 1. The van der Waals surface area contributed by atoms with Gasteiger partial charge in [0.25, 0.3) is 11.7 Å². The van der Waals surface area contributed by atoms with Crippen molar-refractivity contribution in [3.63, 3.8) is 0 Å². The van der Waals surface area contributed by atoms with Crippen molar-refractivity contribution in [2.45, 2.75) is 6.43 Å². The minimum Gasteiger partial charge on any atom is -0.275 e. The summed E-state index contributed by atoms with van der Waals surface area (Å²) in [4.78, 5) is 14.2. The van der Waals surface area contributed by atoms with E-state index in [1.165, 1.54) is 6.07 Å². The molecule has 1 heterocycles. The third-order valence-corrected chi connectivity index (χ3v) is 2.38. The summed E-state index contributed by atoms with van der Waals surface area (Å²) in [6.07, 6.45) is -2.90. The SMILES string of the molecule is O=C(Cl)c1c(Br)cc(Cl)nc1C(F)F. The lowest BCUT2D eigenvalue weighted by molar-refractivity contribution is 0.106. The fraction of sp³-hybridized carbons (Fsp3) is 0.143. The molecule has 0 N–H and O–H groups in total. The van der Waals surface area contributed by atoms with Gasteiger partial charge in [-0.15, -0.1) is 0 Å². The summed E-state index contributed by atoms with van der Waals surface area (Å²) in [7, 11) is 0. The van der Waals surface area contributed by atoms with Crippen LogP contribution in [0.3, 0.4) is 0 Å². The van der Waals surface area contributed by atoms with E-state index >= 15 is 0 Å². The second-order valence-corrected chi connectivity index (χ2v) is 3.85. The van der Waals surface area contributed by atoms with Gasteiger partial charge in [0.2, 0.25) is 0 Å². The van der Waals surface area contributed by atoms with E-state index in [0.717, 1.165) is 0 Å². The second-order valence-electron chi connectivity index (χ2n) is 2.26. The number of carbonyl (C=O) groups is 1. The molecule has 2 nitrogen and oxygen atoms in total. The van der Waals surface area contributed by atoms with Gasteiger partial charge in [-0.2, -0.15) is 0 Å². The van der Waals surface area contributed by atoms with Crippen LogP contribution in [0.15, 0.2) is 10.5 Å². The maximum Gasteiger partial charge on any atom is 0.281 e. The first-order chi connectivity index (χ1) is 6.43. The molecule has 0 aliphatic carbocycles.